The summed E-state index contributed by atoms with van der Waals surface area (Å²) in [5.74, 6) is -1.10. The molecular weight excluding hydrogens is 357 g/mol. The molecule has 0 aliphatic carbocycles. The molecule has 0 spiro atoms. The highest BCUT2D eigenvalue weighted by Crippen LogP contribution is 2.21. The Morgan fingerprint density at radius 1 is 1.00 bits per heavy atom. The van der Waals surface area contributed by atoms with Gasteiger partial charge in [0, 0.05) is 11.6 Å². The topological polar surface area (TPSA) is 61.3 Å². The molecule has 0 unspecified atom stereocenters. The fourth-order valence-corrected chi connectivity index (χ4v) is 3.26. The second-order valence-electron chi connectivity index (χ2n) is 6.85. The van der Waals surface area contributed by atoms with E-state index in [0.29, 0.717) is 17.0 Å². The summed E-state index contributed by atoms with van der Waals surface area (Å²) in [6, 6.07) is 18.5. The summed E-state index contributed by atoms with van der Waals surface area (Å²) in [5.41, 5.74) is 1.98. The van der Waals surface area contributed by atoms with Crippen LogP contribution in [-0.2, 0) is 0 Å². The van der Waals surface area contributed by atoms with E-state index in [1.807, 2.05) is 30.3 Å². The van der Waals surface area contributed by atoms with E-state index in [1.165, 1.54) is 33.3 Å². The predicted molar refractivity (Wildman–Crippen MR) is 102 cm³/mol. The number of nitrogens with zero attached hydrogens (tertiary/aromatic N) is 3. The average Bonchev–Trinajstić information content (AvgIpc) is 2.70. The minimum absolute atomic E-state index is 0.138. The lowest BCUT2D eigenvalue weighted by Crippen LogP contribution is -2.44. The molecule has 0 atom stereocenters. The van der Waals surface area contributed by atoms with Crippen LogP contribution >= 0.6 is 0 Å². The van der Waals surface area contributed by atoms with Crippen molar-refractivity contribution in [1.82, 2.24) is 9.61 Å². The van der Waals surface area contributed by atoms with Gasteiger partial charge in [-0.2, -0.15) is 0 Å². The first-order chi connectivity index (χ1) is 13.5. The predicted octanol–water partition coefficient (Wildman–Crippen LogP) is 2.97. The van der Waals surface area contributed by atoms with E-state index in [9.17, 15) is 14.3 Å². The van der Waals surface area contributed by atoms with E-state index in [2.05, 4.69) is 5.10 Å². The van der Waals surface area contributed by atoms with Crippen LogP contribution in [0, 0.1) is 5.82 Å². The van der Waals surface area contributed by atoms with Crippen LogP contribution in [0.1, 0.15) is 25.3 Å². The average molecular weight is 375 g/mol. The van der Waals surface area contributed by atoms with E-state index in [1.54, 1.807) is 26.0 Å². The summed E-state index contributed by atoms with van der Waals surface area (Å²) in [4.78, 5) is 13.0. The third-order valence-corrected chi connectivity index (χ3v) is 4.63. The molecule has 5 nitrogen and oxygen atoms in total. The first-order valence-corrected chi connectivity index (χ1v) is 8.97. The molecule has 0 radical (unpaired) electrons. The lowest BCUT2D eigenvalue weighted by molar-refractivity contribution is -0.632. The number of hydrogen-bond donors (Lipinski definition) is 0. The molecule has 0 amide bonds. The van der Waals surface area contributed by atoms with Gasteiger partial charge in [0.25, 0.3) is 0 Å². The minimum atomic E-state index is -0.439. The molecule has 2 aromatic heterocycles. The smallest absolute Gasteiger partial charge is 0.365 e. The van der Waals surface area contributed by atoms with E-state index in [4.69, 9.17) is 0 Å². The summed E-state index contributed by atoms with van der Waals surface area (Å²) >= 11 is 0. The van der Waals surface area contributed by atoms with Crippen LogP contribution in [0.3, 0.4) is 0 Å². The summed E-state index contributed by atoms with van der Waals surface area (Å²) < 4.78 is 16.0. The molecule has 4 rings (SSSR count). The number of rotatable bonds is 3. The first kappa shape index (κ1) is 17.9. The van der Waals surface area contributed by atoms with Gasteiger partial charge in [0.15, 0.2) is 0 Å². The Balaban J connectivity index is 2.08. The van der Waals surface area contributed by atoms with Crippen LogP contribution in [0.4, 0.5) is 4.39 Å². The third kappa shape index (κ3) is 2.93. The molecule has 4 aromatic rings. The minimum Gasteiger partial charge on any atom is -0.842 e. The number of fused-ring (bicyclic) bond motifs is 1. The van der Waals surface area contributed by atoms with Crippen LogP contribution in [0.5, 0.6) is 5.88 Å². The van der Waals surface area contributed by atoms with Crippen molar-refractivity contribution in [2.24, 2.45) is 0 Å². The summed E-state index contributed by atoms with van der Waals surface area (Å²) in [6.07, 6.45) is 0. The van der Waals surface area contributed by atoms with Crippen molar-refractivity contribution < 1.29 is 14.1 Å². The van der Waals surface area contributed by atoms with Crippen molar-refractivity contribution in [2.45, 2.75) is 19.8 Å². The Hall–Kier alpha value is -3.54. The molecule has 0 aliphatic heterocycles. The van der Waals surface area contributed by atoms with E-state index >= 15 is 0 Å². The van der Waals surface area contributed by atoms with Crippen LogP contribution in [0.25, 0.3) is 22.6 Å². The number of hydrogen-bond acceptors (Lipinski definition) is 3. The van der Waals surface area contributed by atoms with Gasteiger partial charge in [0.05, 0.1) is 11.4 Å². The fourth-order valence-electron chi connectivity index (χ4n) is 3.26. The third-order valence-electron chi connectivity index (χ3n) is 4.63. The van der Waals surface area contributed by atoms with E-state index in [0.717, 1.165) is 5.56 Å². The molecule has 140 valence electrons. The van der Waals surface area contributed by atoms with Crippen LogP contribution in [0.2, 0.25) is 0 Å². The van der Waals surface area contributed by atoms with E-state index < -0.39 is 17.3 Å². The highest BCUT2D eigenvalue weighted by molar-refractivity contribution is 5.59. The van der Waals surface area contributed by atoms with Crippen molar-refractivity contribution in [3.63, 3.8) is 0 Å². The van der Waals surface area contributed by atoms with Crippen LogP contribution in [-0.4, -0.2) is 9.61 Å². The van der Waals surface area contributed by atoms with Crippen molar-refractivity contribution in [2.75, 3.05) is 0 Å². The van der Waals surface area contributed by atoms with Crippen molar-refractivity contribution in [3.05, 3.63) is 88.5 Å². The largest absolute Gasteiger partial charge is 0.842 e. The Kier molecular flexibility index (Phi) is 4.39. The molecule has 0 bridgehead atoms. The maximum Gasteiger partial charge on any atom is 0.365 e. The molecule has 2 heterocycles. The summed E-state index contributed by atoms with van der Waals surface area (Å²) in [6.45, 7) is 3.58. The van der Waals surface area contributed by atoms with Crippen LogP contribution < -0.4 is 15.2 Å². The van der Waals surface area contributed by atoms with Crippen molar-refractivity contribution >= 4 is 5.65 Å². The standard InChI is InChI=1S/C22H18FN3O2/c1-14(2)20-21(27)25(17-10-8-16(23)9-11-17)19-13-12-18(24-26(19)22(20)28)15-6-4-3-5-7-15/h3-14H,1-2H3. The quantitative estimate of drug-likeness (QED) is 0.517. The molecule has 28 heavy (non-hydrogen) atoms. The van der Waals surface area contributed by atoms with Gasteiger partial charge in [-0.25, -0.2) is 13.8 Å². The molecule has 0 fully saturated rings. The Labute approximate surface area is 161 Å². The van der Waals surface area contributed by atoms with Gasteiger partial charge in [-0.3, -0.25) is 0 Å². The maximum atomic E-state index is 13.4. The lowest BCUT2D eigenvalue weighted by atomic mass is 10.1. The Morgan fingerprint density at radius 3 is 2.32 bits per heavy atom. The highest BCUT2D eigenvalue weighted by atomic mass is 19.1. The van der Waals surface area contributed by atoms with Crippen LogP contribution in [0.15, 0.2) is 71.5 Å². The maximum absolute atomic E-state index is 13.4. The molecule has 2 aromatic carbocycles. The van der Waals surface area contributed by atoms with Gasteiger partial charge in [-0.1, -0.05) is 53.8 Å². The number of aromatic nitrogens is 3. The molecule has 6 heteroatoms. The zero-order chi connectivity index (χ0) is 19.8. The number of halogens is 1. The van der Waals surface area contributed by atoms with Crippen molar-refractivity contribution in [3.8, 4) is 22.8 Å². The van der Waals surface area contributed by atoms with Gasteiger partial charge < -0.3 is 5.11 Å². The molecule has 0 saturated heterocycles. The SMILES string of the molecule is CC(C)c1c([O-])[n+](-c2ccc(F)cc2)c2ccc(-c3ccccc3)nn2c1=O. The first-order valence-electron chi connectivity index (χ1n) is 8.97. The fraction of sp³-hybridized carbons (Fsp3) is 0.136. The zero-order valence-electron chi connectivity index (χ0n) is 15.5. The monoisotopic (exact) mass is 375 g/mol. The van der Waals surface area contributed by atoms with Gasteiger partial charge in [0.1, 0.15) is 17.2 Å². The summed E-state index contributed by atoms with van der Waals surface area (Å²) in [7, 11) is 0. The van der Waals surface area contributed by atoms with E-state index in [-0.39, 0.29) is 11.5 Å². The van der Waals surface area contributed by atoms with Crippen molar-refractivity contribution in [1.29, 1.82) is 0 Å². The Morgan fingerprint density at radius 2 is 1.68 bits per heavy atom. The molecule has 0 aliphatic rings. The molecule has 0 N–H and O–H groups in total. The Bertz CT molecular complexity index is 1220. The van der Waals surface area contributed by atoms with Gasteiger partial charge in [-0.15, -0.1) is 0 Å². The number of benzene rings is 2. The van der Waals surface area contributed by atoms with Gasteiger partial charge >= 0.3 is 11.2 Å². The normalized spacial score (nSPS) is 11.3. The van der Waals surface area contributed by atoms with Gasteiger partial charge in [0.2, 0.25) is 0 Å². The molecular formula is C22H18FN3O2. The highest BCUT2D eigenvalue weighted by Gasteiger charge is 2.23. The second kappa shape index (κ2) is 6.88. The summed E-state index contributed by atoms with van der Waals surface area (Å²) in [5, 5.41) is 17.6. The zero-order valence-corrected chi connectivity index (χ0v) is 15.5. The van der Waals surface area contributed by atoms with Gasteiger partial charge in [-0.05, 0) is 36.2 Å². The second-order valence-corrected chi connectivity index (χ2v) is 6.85. The lowest BCUT2D eigenvalue weighted by Gasteiger charge is -2.18. The molecule has 0 saturated carbocycles.